The number of aliphatic hydroxyl groups is 1. The van der Waals surface area contributed by atoms with E-state index in [-0.39, 0.29) is 6.10 Å². The highest BCUT2D eigenvalue weighted by Crippen LogP contribution is 2.27. The monoisotopic (exact) mass is 240 g/mol. The van der Waals surface area contributed by atoms with E-state index in [1.807, 2.05) is 6.92 Å². The van der Waals surface area contributed by atoms with Crippen molar-refractivity contribution in [3.8, 4) is 0 Å². The summed E-state index contributed by atoms with van der Waals surface area (Å²) in [6, 6.07) is 0.980. The molecular formula is C14H28N2O. The number of hydrogen-bond acceptors (Lipinski definition) is 3. The normalized spacial score (nSPS) is 35.5. The summed E-state index contributed by atoms with van der Waals surface area (Å²) in [6.45, 7) is 4.19. The highest BCUT2D eigenvalue weighted by atomic mass is 16.3. The molecule has 3 atom stereocenters. The topological polar surface area (TPSA) is 49.5 Å². The third-order valence-electron chi connectivity index (χ3n) is 4.76. The van der Waals surface area contributed by atoms with Crippen molar-refractivity contribution in [3.05, 3.63) is 0 Å². The highest BCUT2D eigenvalue weighted by molar-refractivity contribution is 4.87. The third kappa shape index (κ3) is 3.43. The minimum Gasteiger partial charge on any atom is -0.393 e. The molecule has 3 heteroatoms. The van der Waals surface area contributed by atoms with Crippen LogP contribution in [0.2, 0.25) is 0 Å². The van der Waals surface area contributed by atoms with Crippen LogP contribution in [0.3, 0.4) is 0 Å². The van der Waals surface area contributed by atoms with Gasteiger partial charge in [0.1, 0.15) is 0 Å². The first-order valence-corrected chi connectivity index (χ1v) is 7.36. The van der Waals surface area contributed by atoms with Gasteiger partial charge in [0.2, 0.25) is 0 Å². The van der Waals surface area contributed by atoms with Crippen LogP contribution in [0.1, 0.15) is 51.9 Å². The molecule has 2 rings (SSSR count). The second-order valence-corrected chi connectivity index (χ2v) is 5.98. The maximum atomic E-state index is 9.63. The van der Waals surface area contributed by atoms with Crippen LogP contribution in [0, 0.1) is 5.92 Å². The molecule has 3 unspecified atom stereocenters. The molecule has 3 nitrogen and oxygen atoms in total. The quantitative estimate of drug-likeness (QED) is 0.723. The minimum atomic E-state index is -0.139. The Balaban J connectivity index is 1.86. The van der Waals surface area contributed by atoms with Crippen LogP contribution in [0.15, 0.2) is 0 Å². The molecule has 1 saturated carbocycles. The van der Waals surface area contributed by atoms with Crippen LogP contribution in [-0.2, 0) is 0 Å². The van der Waals surface area contributed by atoms with Crippen molar-refractivity contribution < 1.29 is 5.11 Å². The number of rotatable bonds is 2. The highest BCUT2D eigenvalue weighted by Gasteiger charge is 2.30. The lowest BCUT2D eigenvalue weighted by atomic mass is 9.90. The Morgan fingerprint density at radius 1 is 1.06 bits per heavy atom. The van der Waals surface area contributed by atoms with E-state index >= 15 is 0 Å². The van der Waals surface area contributed by atoms with E-state index in [4.69, 9.17) is 5.73 Å². The molecule has 1 saturated heterocycles. The van der Waals surface area contributed by atoms with Crippen molar-refractivity contribution in [1.82, 2.24) is 4.90 Å². The van der Waals surface area contributed by atoms with Gasteiger partial charge >= 0.3 is 0 Å². The lowest BCUT2D eigenvalue weighted by Crippen LogP contribution is -2.50. The molecule has 1 heterocycles. The summed E-state index contributed by atoms with van der Waals surface area (Å²) in [5.74, 6) is 0.508. The zero-order chi connectivity index (χ0) is 12.3. The molecule has 1 aliphatic carbocycles. The van der Waals surface area contributed by atoms with E-state index in [1.165, 1.54) is 32.1 Å². The smallest absolute Gasteiger partial charge is 0.0541 e. The SMILES string of the molecule is CC(O)C1CCN(C2CCCCCC2N)CC1. The van der Waals surface area contributed by atoms with Crippen LogP contribution in [0.4, 0.5) is 0 Å². The molecule has 0 aromatic carbocycles. The average Bonchev–Trinajstić information content (AvgIpc) is 2.54. The average molecular weight is 240 g/mol. The number of likely N-dealkylation sites (tertiary alicyclic amines) is 1. The van der Waals surface area contributed by atoms with E-state index in [0.717, 1.165) is 25.9 Å². The first-order chi connectivity index (χ1) is 8.18. The molecular weight excluding hydrogens is 212 g/mol. The van der Waals surface area contributed by atoms with Gasteiger partial charge in [0.15, 0.2) is 0 Å². The van der Waals surface area contributed by atoms with Crippen molar-refractivity contribution in [2.45, 2.75) is 70.1 Å². The minimum absolute atomic E-state index is 0.139. The number of piperidine rings is 1. The fourth-order valence-electron chi connectivity index (χ4n) is 3.50. The van der Waals surface area contributed by atoms with E-state index < -0.39 is 0 Å². The summed E-state index contributed by atoms with van der Waals surface area (Å²) in [7, 11) is 0. The van der Waals surface area contributed by atoms with Gasteiger partial charge in [-0.2, -0.15) is 0 Å². The first kappa shape index (κ1) is 13.3. The Morgan fingerprint density at radius 2 is 1.71 bits per heavy atom. The van der Waals surface area contributed by atoms with Gasteiger partial charge in [0.25, 0.3) is 0 Å². The van der Waals surface area contributed by atoms with Crippen LogP contribution < -0.4 is 5.73 Å². The first-order valence-electron chi connectivity index (χ1n) is 7.36. The number of nitrogens with zero attached hydrogens (tertiary/aromatic N) is 1. The number of hydrogen-bond donors (Lipinski definition) is 2. The molecule has 1 aliphatic heterocycles. The maximum absolute atomic E-state index is 9.63. The van der Waals surface area contributed by atoms with E-state index in [9.17, 15) is 5.11 Å². The van der Waals surface area contributed by atoms with Gasteiger partial charge in [-0.15, -0.1) is 0 Å². The molecule has 0 aromatic heterocycles. The molecule has 0 bridgehead atoms. The Kier molecular flexibility index (Phi) is 4.83. The molecule has 3 N–H and O–H groups in total. The predicted molar refractivity (Wildman–Crippen MR) is 70.8 cm³/mol. The second-order valence-electron chi connectivity index (χ2n) is 5.98. The van der Waals surface area contributed by atoms with Gasteiger partial charge in [0.05, 0.1) is 6.10 Å². The lowest BCUT2D eigenvalue weighted by molar-refractivity contribution is 0.0486. The molecule has 17 heavy (non-hydrogen) atoms. The maximum Gasteiger partial charge on any atom is 0.0541 e. The summed E-state index contributed by atoms with van der Waals surface area (Å²) in [6.07, 6.45) is 8.62. The van der Waals surface area contributed by atoms with Crippen molar-refractivity contribution in [3.63, 3.8) is 0 Å². The van der Waals surface area contributed by atoms with Gasteiger partial charge in [0, 0.05) is 12.1 Å². The van der Waals surface area contributed by atoms with Gasteiger partial charge in [-0.1, -0.05) is 19.3 Å². The van der Waals surface area contributed by atoms with Gasteiger partial charge in [-0.05, 0) is 51.6 Å². The summed E-state index contributed by atoms with van der Waals surface area (Å²) in [5.41, 5.74) is 6.31. The molecule has 0 radical (unpaired) electrons. The zero-order valence-corrected chi connectivity index (χ0v) is 11.1. The molecule has 100 valence electrons. The third-order valence-corrected chi connectivity index (χ3v) is 4.76. The van der Waals surface area contributed by atoms with Gasteiger partial charge < -0.3 is 10.8 Å². The van der Waals surface area contributed by atoms with Gasteiger partial charge in [-0.25, -0.2) is 0 Å². The summed E-state index contributed by atoms with van der Waals surface area (Å²) in [4.78, 5) is 2.59. The molecule has 2 fully saturated rings. The van der Waals surface area contributed by atoms with Crippen molar-refractivity contribution in [1.29, 1.82) is 0 Å². The Morgan fingerprint density at radius 3 is 2.35 bits per heavy atom. The molecule has 0 aromatic rings. The van der Waals surface area contributed by atoms with Crippen molar-refractivity contribution in [2.75, 3.05) is 13.1 Å². The van der Waals surface area contributed by atoms with Crippen molar-refractivity contribution >= 4 is 0 Å². The van der Waals surface area contributed by atoms with Crippen LogP contribution >= 0.6 is 0 Å². The molecule has 2 aliphatic rings. The van der Waals surface area contributed by atoms with Crippen LogP contribution in [0.25, 0.3) is 0 Å². The van der Waals surface area contributed by atoms with E-state index in [0.29, 0.717) is 18.0 Å². The van der Waals surface area contributed by atoms with E-state index in [1.54, 1.807) is 0 Å². The second kappa shape index (κ2) is 6.17. The fourth-order valence-corrected chi connectivity index (χ4v) is 3.50. The largest absolute Gasteiger partial charge is 0.393 e. The lowest BCUT2D eigenvalue weighted by Gasteiger charge is -2.40. The summed E-state index contributed by atoms with van der Waals surface area (Å²) >= 11 is 0. The molecule has 0 amide bonds. The van der Waals surface area contributed by atoms with Crippen molar-refractivity contribution in [2.24, 2.45) is 11.7 Å². The zero-order valence-electron chi connectivity index (χ0n) is 11.1. The number of nitrogens with two attached hydrogens (primary N) is 1. The Bertz CT molecular complexity index is 224. The fraction of sp³-hybridized carbons (Fsp3) is 1.00. The Hall–Kier alpha value is -0.120. The molecule has 0 spiro atoms. The summed E-state index contributed by atoms with van der Waals surface area (Å²) in [5, 5.41) is 9.63. The Labute approximate surface area is 105 Å². The number of aliphatic hydroxyl groups excluding tert-OH is 1. The predicted octanol–water partition coefficient (Wildman–Crippen LogP) is 1.74. The van der Waals surface area contributed by atoms with E-state index in [2.05, 4.69) is 4.90 Å². The van der Waals surface area contributed by atoms with Crippen LogP contribution in [0.5, 0.6) is 0 Å². The summed E-state index contributed by atoms with van der Waals surface area (Å²) < 4.78 is 0. The standard InChI is InChI=1S/C14H28N2O/c1-11(17)12-7-9-16(10-8-12)14-6-4-2-3-5-13(14)15/h11-14,17H,2-10,15H2,1H3. The van der Waals surface area contributed by atoms with Crippen LogP contribution in [-0.4, -0.2) is 41.3 Å². The van der Waals surface area contributed by atoms with Gasteiger partial charge in [-0.3, -0.25) is 4.90 Å².